The summed E-state index contributed by atoms with van der Waals surface area (Å²) in [5.41, 5.74) is 4.69. The summed E-state index contributed by atoms with van der Waals surface area (Å²) in [5.74, 6) is 0.726. The van der Waals surface area contributed by atoms with E-state index >= 15 is 0 Å². The Morgan fingerprint density at radius 3 is 2.52 bits per heavy atom. The molecule has 170 valence electrons. The largest absolute Gasteiger partial charge is 0.231 e. The van der Waals surface area contributed by atoms with Gasteiger partial charge in [0.05, 0.1) is 16.4 Å². The van der Waals surface area contributed by atoms with Crippen LogP contribution in [-0.2, 0) is 6.42 Å². The van der Waals surface area contributed by atoms with Crippen molar-refractivity contribution in [2.75, 3.05) is 0 Å². The molecule has 2 heterocycles. The van der Waals surface area contributed by atoms with Gasteiger partial charge in [-0.15, -0.1) is 10.2 Å². The molecule has 0 N–H and O–H groups in total. The zero-order chi connectivity index (χ0) is 22.9. The van der Waals surface area contributed by atoms with Gasteiger partial charge in [-0.2, -0.15) is 5.10 Å². The van der Waals surface area contributed by atoms with Crippen LogP contribution in [0, 0.1) is 12.8 Å². The number of hydrogen-bond acceptors (Lipinski definition) is 4. The van der Waals surface area contributed by atoms with E-state index in [1.807, 2.05) is 28.9 Å². The molecule has 1 aliphatic rings. The Hall–Kier alpha value is -1.73. The monoisotopic (exact) mass is 560 g/mol. The average Bonchev–Trinajstić information content (AvgIpc) is 3.39. The van der Waals surface area contributed by atoms with Gasteiger partial charge in [0.15, 0.2) is 5.01 Å². The van der Waals surface area contributed by atoms with Gasteiger partial charge in [0.1, 0.15) is 10.7 Å². The molecule has 0 saturated heterocycles. The van der Waals surface area contributed by atoms with Crippen molar-refractivity contribution in [2.45, 2.75) is 45.4 Å². The maximum absolute atomic E-state index is 6.59. The third-order valence-corrected chi connectivity index (χ3v) is 8.25. The summed E-state index contributed by atoms with van der Waals surface area (Å²) in [6.45, 7) is 2.09. The predicted molar refractivity (Wildman–Crippen MR) is 141 cm³/mol. The van der Waals surface area contributed by atoms with Crippen LogP contribution in [0.15, 0.2) is 46.9 Å². The van der Waals surface area contributed by atoms with E-state index in [4.69, 9.17) is 28.3 Å². The number of nitrogens with zero attached hydrogens (tertiary/aromatic N) is 4. The molecule has 4 aromatic rings. The smallest absolute Gasteiger partial charge is 0.168 e. The second-order valence-corrected chi connectivity index (χ2v) is 11.4. The highest BCUT2D eigenvalue weighted by molar-refractivity contribution is 9.10. The summed E-state index contributed by atoms with van der Waals surface area (Å²) >= 11 is 17.9. The van der Waals surface area contributed by atoms with Gasteiger partial charge in [-0.05, 0) is 43.2 Å². The minimum Gasteiger partial charge on any atom is -0.231 e. The van der Waals surface area contributed by atoms with E-state index in [9.17, 15) is 0 Å². The molecule has 1 aliphatic carbocycles. The SMILES string of the molecule is Cc1c(-c2nnc(CC3CCCCC3)s2)nn(-c2ccc(Cl)cc2Cl)c1-c1ccc(Br)cc1. The Balaban J connectivity index is 1.58. The first-order chi connectivity index (χ1) is 16.0. The molecular weight excluding hydrogens is 539 g/mol. The summed E-state index contributed by atoms with van der Waals surface area (Å²) in [4.78, 5) is 0. The van der Waals surface area contributed by atoms with E-state index < -0.39 is 0 Å². The van der Waals surface area contributed by atoms with Gasteiger partial charge in [-0.25, -0.2) is 4.68 Å². The molecule has 0 aliphatic heterocycles. The second kappa shape index (κ2) is 9.87. The van der Waals surface area contributed by atoms with Crippen molar-refractivity contribution in [1.82, 2.24) is 20.0 Å². The lowest BCUT2D eigenvalue weighted by Gasteiger charge is -2.19. The Labute approximate surface area is 216 Å². The minimum absolute atomic E-state index is 0.546. The van der Waals surface area contributed by atoms with Crippen molar-refractivity contribution < 1.29 is 0 Å². The molecule has 0 unspecified atom stereocenters. The molecule has 4 nitrogen and oxygen atoms in total. The highest BCUT2D eigenvalue weighted by Crippen LogP contribution is 2.38. The van der Waals surface area contributed by atoms with Gasteiger partial charge < -0.3 is 0 Å². The van der Waals surface area contributed by atoms with E-state index in [0.717, 1.165) is 55.0 Å². The topological polar surface area (TPSA) is 43.6 Å². The highest BCUT2D eigenvalue weighted by atomic mass is 79.9. The Morgan fingerprint density at radius 1 is 1.03 bits per heavy atom. The fraction of sp³-hybridized carbons (Fsp3) is 0.320. The van der Waals surface area contributed by atoms with Gasteiger partial charge in [-0.1, -0.05) is 94.7 Å². The molecule has 2 aromatic heterocycles. The molecule has 0 spiro atoms. The third kappa shape index (κ3) is 4.90. The molecule has 1 saturated carbocycles. The van der Waals surface area contributed by atoms with Crippen molar-refractivity contribution >= 4 is 50.5 Å². The van der Waals surface area contributed by atoms with Gasteiger partial charge in [0.2, 0.25) is 0 Å². The van der Waals surface area contributed by atoms with E-state index in [2.05, 4.69) is 45.2 Å². The van der Waals surface area contributed by atoms with Crippen molar-refractivity contribution in [2.24, 2.45) is 5.92 Å². The predicted octanol–water partition coefficient (Wildman–Crippen LogP) is 8.56. The van der Waals surface area contributed by atoms with E-state index in [1.165, 1.54) is 32.1 Å². The molecule has 2 aromatic carbocycles. The Morgan fingerprint density at radius 2 is 1.79 bits per heavy atom. The minimum atomic E-state index is 0.546. The molecule has 0 radical (unpaired) electrons. The standard InChI is InChI=1S/C25H23BrCl2N4S/c1-15-23(25-30-29-22(33-25)13-16-5-3-2-4-6-16)31-32(21-12-11-19(27)14-20(21)28)24(15)17-7-9-18(26)10-8-17/h7-12,14,16H,2-6,13H2,1H3. The molecule has 33 heavy (non-hydrogen) atoms. The maximum Gasteiger partial charge on any atom is 0.168 e. The van der Waals surface area contributed by atoms with Crippen molar-refractivity contribution in [3.8, 4) is 27.6 Å². The van der Waals surface area contributed by atoms with Crippen LogP contribution in [0.2, 0.25) is 10.0 Å². The molecule has 0 atom stereocenters. The van der Waals surface area contributed by atoms with Crippen LogP contribution in [-0.4, -0.2) is 20.0 Å². The summed E-state index contributed by atoms with van der Waals surface area (Å²) in [6.07, 6.45) is 7.63. The van der Waals surface area contributed by atoms with Crippen LogP contribution in [0.1, 0.15) is 42.7 Å². The summed E-state index contributed by atoms with van der Waals surface area (Å²) in [7, 11) is 0. The lowest BCUT2D eigenvalue weighted by molar-refractivity contribution is 0.356. The fourth-order valence-corrected chi connectivity index (χ4v) is 6.29. The zero-order valence-electron chi connectivity index (χ0n) is 18.2. The number of halogens is 3. The summed E-state index contributed by atoms with van der Waals surface area (Å²) in [5, 5.41) is 17.1. The van der Waals surface area contributed by atoms with Crippen LogP contribution >= 0.6 is 50.5 Å². The van der Waals surface area contributed by atoms with Crippen molar-refractivity contribution in [1.29, 1.82) is 0 Å². The first-order valence-electron chi connectivity index (χ1n) is 11.1. The van der Waals surface area contributed by atoms with Crippen LogP contribution in [0.25, 0.3) is 27.6 Å². The van der Waals surface area contributed by atoms with Crippen LogP contribution in [0.4, 0.5) is 0 Å². The molecule has 0 bridgehead atoms. The van der Waals surface area contributed by atoms with E-state index in [0.29, 0.717) is 10.0 Å². The molecule has 0 amide bonds. The zero-order valence-corrected chi connectivity index (χ0v) is 22.1. The molecular formula is C25H23BrCl2N4S. The average molecular weight is 562 g/mol. The highest BCUT2D eigenvalue weighted by Gasteiger charge is 2.23. The Bertz CT molecular complexity index is 1280. The van der Waals surface area contributed by atoms with Crippen LogP contribution in [0.3, 0.4) is 0 Å². The second-order valence-electron chi connectivity index (χ2n) is 8.55. The number of benzene rings is 2. The van der Waals surface area contributed by atoms with E-state index in [1.54, 1.807) is 17.4 Å². The lowest BCUT2D eigenvalue weighted by Crippen LogP contribution is -2.08. The van der Waals surface area contributed by atoms with Crippen molar-refractivity contribution in [3.63, 3.8) is 0 Å². The third-order valence-electron chi connectivity index (χ3n) is 6.24. The van der Waals surface area contributed by atoms with Gasteiger partial charge >= 0.3 is 0 Å². The maximum atomic E-state index is 6.59. The molecule has 1 fully saturated rings. The number of rotatable bonds is 5. The number of hydrogen-bond donors (Lipinski definition) is 0. The molecule has 8 heteroatoms. The fourth-order valence-electron chi connectivity index (χ4n) is 4.54. The summed E-state index contributed by atoms with van der Waals surface area (Å²) in [6, 6.07) is 13.7. The van der Waals surface area contributed by atoms with E-state index in [-0.39, 0.29) is 0 Å². The first kappa shape index (κ1) is 23.0. The normalized spacial score (nSPS) is 14.7. The summed E-state index contributed by atoms with van der Waals surface area (Å²) < 4.78 is 2.92. The van der Waals surface area contributed by atoms with Crippen LogP contribution < -0.4 is 0 Å². The molecule has 5 rings (SSSR count). The Kier molecular flexibility index (Phi) is 6.89. The van der Waals surface area contributed by atoms with Crippen LogP contribution in [0.5, 0.6) is 0 Å². The quantitative estimate of drug-likeness (QED) is 0.245. The van der Waals surface area contributed by atoms with Gasteiger partial charge in [0.25, 0.3) is 0 Å². The van der Waals surface area contributed by atoms with Crippen molar-refractivity contribution in [3.05, 3.63) is 67.6 Å². The van der Waals surface area contributed by atoms with Gasteiger partial charge in [-0.3, -0.25) is 0 Å². The van der Waals surface area contributed by atoms with Gasteiger partial charge in [0, 0.05) is 27.0 Å². The number of aromatic nitrogens is 4. The first-order valence-corrected chi connectivity index (χ1v) is 13.5. The lowest BCUT2D eigenvalue weighted by atomic mass is 9.87.